The summed E-state index contributed by atoms with van der Waals surface area (Å²) in [5.74, 6) is 1.28. The Morgan fingerprint density at radius 3 is 2.45 bits per heavy atom. The van der Waals surface area contributed by atoms with Crippen molar-refractivity contribution in [2.75, 3.05) is 33.3 Å². The van der Waals surface area contributed by atoms with Crippen molar-refractivity contribution >= 4 is 22.8 Å². The summed E-state index contributed by atoms with van der Waals surface area (Å²) in [6.45, 7) is 4.86. The van der Waals surface area contributed by atoms with Gasteiger partial charge in [-0.1, -0.05) is 0 Å². The Balaban J connectivity index is 1.46. The molecule has 0 aliphatic carbocycles. The summed E-state index contributed by atoms with van der Waals surface area (Å²) >= 11 is 0. The molecule has 1 N–H and O–H groups in total. The normalized spacial score (nSPS) is 17.0. The first kappa shape index (κ1) is 21.5. The number of methoxy groups -OCH3 is 1. The fraction of sp³-hybridized carbons (Fsp3) is 0.423. The molecule has 2 aliphatic heterocycles. The first-order valence-corrected chi connectivity index (χ1v) is 11.8. The van der Waals surface area contributed by atoms with E-state index in [4.69, 9.17) is 4.74 Å². The molecule has 2 aromatic heterocycles. The molecule has 2 amide bonds. The molecule has 7 heteroatoms. The standard InChI is InChI=1S/C26H30N4O3/c1-17(31)29-13-8-18(9-14-29)23-16-22-20(7-10-27-25(22)28-23)21-6-5-19(15-24(21)33-2)26(32)30-11-3-4-12-30/h5-7,10,15-16,18H,3-4,8-9,11-14H2,1-2H3,(H,27,28). The maximum atomic E-state index is 12.8. The number of amides is 2. The van der Waals surface area contributed by atoms with Crippen LogP contribution in [0.3, 0.4) is 0 Å². The smallest absolute Gasteiger partial charge is 0.253 e. The zero-order valence-corrected chi connectivity index (χ0v) is 19.3. The number of hydrogen-bond acceptors (Lipinski definition) is 4. The van der Waals surface area contributed by atoms with Crippen molar-refractivity contribution in [3.63, 3.8) is 0 Å². The maximum absolute atomic E-state index is 12.8. The topological polar surface area (TPSA) is 78.5 Å². The van der Waals surface area contributed by atoms with E-state index in [1.807, 2.05) is 34.1 Å². The molecule has 2 saturated heterocycles. The molecule has 4 heterocycles. The van der Waals surface area contributed by atoms with E-state index >= 15 is 0 Å². The molecule has 172 valence electrons. The number of carbonyl (C=O) groups excluding carboxylic acids is 2. The van der Waals surface area contributed by atoms with Crippen LogP contribution < -0.4 is 4.74 Å². The molecule has 7 nitrogen and oxygen atoms in total. The summed E-state index contributed by atoms with van der Waals surface area (Å²) in [6.07, 6.45) is 5.83. The van der Waals surface area contributed by atoms with Crippen LogP contribution in [0.5, 0.6) is 5.75 Å². The zero-order valence-electron chi connectivity index (χ0n) is 19.3. The van der Waals surface area contributed by atoms with Crippen LogP contribution >= 0.6 is 0 Å². The van der Waals surface area contributed by atoms with Gasteiger partial charge in [0.2, 0.25) is 5.91 Å². The number of hydrogen-bond donors (Lipinski definition) is 1. The van der Waals surface area contributed by atoms with Gasteiger partial charge in [0.25, 0.3) is 5.91 Å². The quantitative estimate of drug-likeness (QED) is 0.652. The summed E-state index contributed by atoms with van der Waals surface area (Å²) in [6, 6.07) is 9.92. The number of fused-ring (bicyclic) bond motifs is 1. The van der Waals surface area contributed by atoms with Crippen molar-refractivity contribution in [1.82, 2.24) is 19.8 Å². The van der Waals surface area contributed by atoms with Gasteiger partial charge < -0.3 is 19.5 Å². The van der Waals surface area contributed by atoms with Crippen molar-refractivity contribution in [3.8, 4) is 16.9 Å². The van der Waals surface area contributed by atoms with E-state index in [0.29, 0.717) is 17.2 Å². The van der Waals surface area contributed by atoms with Crippen LogP contribution in [-0.4, -0.2) is 64.9 Å². The second-order valence-corrected chi connectivity index (χ2v) is 9.04. The van der Waals surface area contributed by atoms with Crippen molar-refractivity contribution in [2.24, 2.45) is 0 Å². The number of ether oxygens (including phenoxy) is 1. The minimum atomic E-state index is 0.0676. The number of nitrogens with zero attached hydrogens (tertiary/aromatic N) is 3. The molecule has 3 aromatic rings. The van der Waals surface area contributed by atoms with Gasteiger partial charge in [-0.3, -0.25) is 9.59 Å². The third-order valence-corrected chi connectivity index (χ3v) is 7.06. The van der Waals surface area contributed by atoms with Gasteiger partial charge in [0.05, 0.1) is 7.11 Å². The van der Waals surface area contributed by atoms with E-state index in [2.05, 4.69) is 16.0 Å². The highest BCUT2D eigenvalue weighted by Gasteiger charge is 2.25. The summed E-state index contributed by atoms with van der Waals surface area (Å²) < 4.78 is 5.72. The van der Waals surface area contributed by atoms with Gasteiger partial charge in [-0.15, -0.1) is 0 Å². The van der Waals surface area contributed by atoms with Crippen LogP contribution in [-0.2, 0) is 4.79 Å². The average molecular weight is 447 g/mol. The third-order valence-electron chi connectivity index (χ3n) is 7.06. The second kappa shape index (κ2) is 8.89. The Morgan fingerprint density at radius 2 is 1.76 bits per heavy atom. The first-order chi connectivity index (χ1) is 16.0. The average Bonchev–Trinajstić information content (AvgIpc) is 3.53. The van der Waals surface area contributed by atoms with Crippen LogP contribution in [0.2, 0.25) is 0 Å². The lowest BCUT2D eigenvalue weighted by atomic mass is 9.93. The van der Waals surface area contributed by atoms with Crippen LogP contribution in [0.1, 0.15) is 54.6 Å². The molecule has 0 bridgehead atoms. The fourth-order valence-corrected chi connectivity index (χ4v) is 5.16. The van der Waals surface area contributed by atoms with E-state index in [1.54, 1.807) is 20.2 Å². The molecule has 0 unspecified atom stereocenters. The number of pyridine rings is 1. The van der Waals surface area contributed by atoms with E-state index in [9.17, 15) is 9.59 Å². The molecule has 0 atom stereocenters. The maximum Gasteiger partial charge on any atom is 0.253 e. The van der Waals surface area contributed by atoms with Crippen molar-refractivity contribution in [3.05, 3.63) is 47.8 Å². The number of piperidine rings is 1. The summed E-state index contributed by atoms with van der Waals surface area (Å²) in [7, 11) is 1.65. The summed E-state index contributed by atoms with van der Waals surface area (Å²) in [5, 5.41) is 1.04. The molecule has 0 spiro atoms. The summed E-state index contributed by atoms with van der Waals surface area (Å²) in [5.41, 5.74) is 4.64. The van der Waals surface area contributed by atoms with E-state index < -0.39 is 0 Å². The number of rotatable bonds is 4. The fourth-order valence-electron chi connectivity index (χ4n) is 5.16. The van der Waals surface area contributed by atoms with E-state index in [0.717, 1.165) is 79.7 Å². The van der Waals surface area contributed by atoms with Gasteiger partial charge in [0.15, 0.2) is 0 Å². The molecule has 33 heavy (non-hydrogen) atoms. The lowest BCUT2D eigenvalue weighted by molar-refractivity contribution is -0.129. The zero-order chi connectivity index (χ0) is 22.9. The molecular weight excluding hydrogens is 416 g/mol. The molecule has 0 saturated carbocycles. The lowest BCUT2D eigenvalue weighted by Gasteiger charge is -2.30. The molecule has 2 fully saturated rings. The van der Waals surface area contributed by atoms with Gasteiger partial charge in [-0.05, 0) is 61.6 Å². The molecule has 2 aliphatic rings. The first-order valence-electron chi connectivity index (χ1n) is 11.8. The Kier molecular flexibility index (Phi) is 5.79. The van der Waals surface area contributed by atoms with Crippen molar-refractivity contribution in [2.45, 2.75) is 38.5 Å². The number of aromatic amines is 1. The van der Waals surface area contributed by atoms with Gasteiger partial charge in [-0.25, -0.2) is 4.98 Å². The van der Waals surface area contributed by atoms with Crippen LogP contribution in [0.25, 0.3) is 22.2 Å². The predicted octanol–water partition coefficient (Wildman–Crippen LogP) is 4.20. The Bertz CT molecular complexity index is 1190. The lowest BCUT2D eigenvalue weighted by Crippen LogP contribution is -2.36. The molecule has 5 rings (SSSR count). The summed E-state index contributed by atoms with van der Waals surface area (Å²) in [4.78, 5) is 36.4. The third kappa shape index (κ3) is 4.08. The van der Waals surface area contributed by atoms with E-state index in [1.165, 1.54) is 0 Å². The SMILES string of the molecule is COc1cc(C(=O)N2CCCC2)ccc1-c1ccnc2[nH]c(C3CCN(C(C)=O)CC3)cc12. The Hall–Kier alpha value is -3.35. The van der Waals surface area contributed by atoms with E-state index in [-0.39, 0.29) is 11.8 Å². The van der Waals surface area contributed by atoms with Gasteiger partial charge in [0.1, 0.15) is 11.4 Å². The van der Waals surface area contributed by atoms with Gasteiger partial charge >= 0.3 is 0 Å². The minimum Gasteiger partial charge on any atom is -0.496 e. The molecular formula is C26H30N4O3. The van der Waals surface area contributed by atoms with Crippen LogP contribution in [0.4, 0.5) is 0 Å². The number of benzene rings is 1. The van der Waals surface area contributed by atoms with Crippen molar-refractivity contribution < 1.29 is 14.3 Å². The number of carbonyl (C=O) groups is 2. The highest BCUT2D eigenvalue weighted by atomic mass is 16.5. The second-order valence-electron chi connectivity index (χ2n) is 9.04. The van der Waals surface area contributed by atoms with Gasteiger partial charge in [0, 0.05) is 67.4 Å². The Morgan fingerprint density at radius 1 is 1.00 bits per heavy atom. The van der Waals surface area contributed by atoms with Gasteiger partial charge in [-0.2, -0.15) is 0 Å². The van der Waals surface area contributed by atoms with Crippen LogP contribution in [0, 0.1) is 0 Å². The highest BCUT2D eigenvalue weighted by molar-refractivity contribution is 5.99. The number of aromatic nitrogens is 2. The number of likely N-dealkylation sites (tertiary alicyclic amines) is 2. The largest absolute Gasteiger partial charge is 0.496 e. The van der Waals surface area contributed by atoms with Crippen molar-refractivity contribution in [1.29, 1.82) is 0 Å². The highest BCUT2D eigenvalue weighted by Crippen LogP contribution is 2.38. The monoisotopic (exact) mass is 446 g/mol. The number of H-pyrrole nitrogens is 1. The molecule has 1 aromatic carbocycles. The molecule has 0 radical (unpaired) electrons. The minimum absolute atomic E-state index is 0.0676. The Labute approximate surface area is 193 Å². The number of nitrogens with one attached hydrogen (secondary N) is 1. The van der Waals surface area contributed by atoms with Crippen LogP contribution in [0.15, 0.2) is 36.5 Å². The predicted molar refractivity (Wildman–Crippen MR) is 127 cm³/mol.